The van der Waals surface area contributed by atoms with Crippen LogP contribution in [0.4, 0.5) is 4.39 Å². The molecule has 7 heteroatoms. The second-order valence-corrected chi connectivity index (χ2v) is 5.37. The summed E-state index contributed by atoms with van der Waals surface area (Å²) in [6.07, 6.45) is 0.934. The number of primary sulfonamides is 1. The van der Waals surface area contributed by atoms with Gasteiger partial charge in [-0.15, -0.1) is 0 Å². The normalized spacial score (nSPS) is 15.5. The van der Waals surface area contributed by atoms with Crippen molar-refractivity contribution in [2.45, 2.75) is 11.3 Å². The smallest absolute Gasteiger partial charge is 0.253 e. The van der Waals surface area contributed by atoms with E-state index in [4.69, 9.17) is 5.14 Å². The first-order valence-corrected chi connectivity index (χ1v) is 6.56. The molecule has 5 nitrogen and oxygen atoms in total. The lowest BCUT2D eigenvalue weighted by Crippen LogP contribution is -2.42. The molecule has 0 atom stereocenters. The number of sulfonamides is 1. The summed E-state index contributed by atoms with van der Waals surface area (Å²) < 4.78 is 35.4. The minimum Gasteiger partial charge on any atom is -0.339 e. The van der Waals surface area contributed by atoms with E-state index in [-0.39, 0.29) is 11.5 Å². The molecule has 1 heterocycles. The van der Waals surface area contributed by atoms with Crippen LogP contribution in [-0.2, 0) is 10.0 Å². The fourth-order valence-corrected chi connectivity index (χ4v) is 2.15. The minimum atomic E-state index is -4.09. The molecule has 1 amide bonds. The van der Waals surface area contributed by atoms with Crippen LogP contribution < -0.4 is 5.14 Å². The van der Waals surface area contributed by atoms with Gasteiger partial charge in [-0.3, -0.25) is 4.79 Å². The molecule has 1 aliphatic rings. The zero-order valence-corrected chi connectivity index (χ0v) is 9.71. The van der Waals surface area contributed by atoms with Gasteiger partial charge in [0.1, 0.15) is 10.7 Å². The van der Waals surface area contributed by atoms with Crippen LogP contribution in [0.5, 0.6) is 0 Å². The number of benzene rings is 1. The molecule has 0 aromatic heterocycles. The summed E-state index contributed by atoms with van der Waals surface area (Å²) in [5, 5.41) is 4.82. The van der Waals surface area contributed by atoms with Crippen molar-refractivity contribution >= 4 is 15.9 Å². The Morgan fingerprint density at radius 1 is 1.35 bits per heavy atom. The van der Waals surface area contributed by atoms with Crippen molar-refractivity contribution < 1.29 is 17.6 Å². The van der Waals surface area contributed by atoms with Crippen molar-refractivity contribution in [2.75, 3.05) is 13.1 Å². The van der Waals surface area contributed by atoms with Crippen molar-refractivity contribution in [1.82, 2.24) is 4.90 Å². The van der Waals surface area contributed by atoms with Crippen molar-refractivity contribution in [2.24, 2.45) is 5.14 Å². The molecule has 0 bridgehead atoms. The van der Waals surface area contributed by atoms with Gasteiger partial charge in [0.2, 0.25) is 10.0 Å². The average molecular weight is 258 g/mol. The molecule has 17 heavy (non-hydrogen) atoms. The van der Waals surface area contributed by atoms with Crippen molar-refractivity contribution in [3.8, 4) is 0 Å². The summed E-state index contributed by atoms with van der Waals surface area (Å²) in [6, 6.07) is 3.18. The zero-order valence-electron chi connectivity index (χ0n) is 8.89. The van der Waals surface area contributed by atoms with Gasteiger partial charge in [0, 0.05) is 18.7 Å². The lowest BCUT2D eigenvalue weighted by molar-refractivity contribution is 0.0651. The van der Waals surface area contributed by atoms with Gasteiger partial charge in [0.25, 0.3) is 5.91 Å². The van der Waals surface area contributed by atoms with Gasteiger partial charge in [-0.1, -0.05) is 0 Å². The highest BCUT2D eigenvalue weighted by Crippen LogP contribution is 2.18. The third-order valence-corrected chi connectivity index (χ3v) is 3.57. The maximum Gasteiger partial charge on any atom is 0.253 e. The van der Waals surface area contributed by atoms with E-state index in [0.29, 0.717) is 13.1 Å². The lowest BCUT2D eigenvalue weighted by atomic mass is 10.1. The molecule has 1 aromatic rings. The number of nitrogens with two attached hydrogens (primary N) is 1. The Hall–Kier alpha value is -1.47. The summed E-state index contributed by atoms with van der Waals surface area (Å²) in [6.45, 7) is 1.30. The van der Waals surface area contributed by atoms with E-state index < -0.39 is 20.7 Å². The molecule has 0 aliphatic carbocycles. The summed E-state index contributed by atoms with van der Waals surface area (Å²) in [5.74, 6) is -1.30. The predicted octanol–water partition coefficient (Wildman–Crippen LogP) is 0.319. The highest BCUT2D eigenvalue weighted by atomic mass is 32.2. The largest absolute Gasteiger partial charge is 0.339 e. The molecule has 0 unspecified atom stereocenters. The highest BCUT2D eigenvalue weighted by molar-refractivity contribution is 7.89. The highest BCUT2D eigenvalue weighted by Gasteiger charge is 2.23. The Morgan fingerprint density at radius 2 is 2.00 bits per heavy atom. The van der Waals surface area contributed by atoms with E-state index >= 15 is 0 Å². The van der Waals surface area contributed by atoms with Crippen LogP contribution in [0.3, 0.4) is 0 Å². The van der Waals surface area contributed by atoms with Gasteiger partial charge >= 0.3 is 0 Å². The fourth-order valence-electron chi connectivity index (χ4n) is 1.57. The van der Waals surface area contributed by atoms with E-state index in [1.54, 1.807) is 4.90 Å². The number of likely N-dealkylation sites (tertiary alicyclic amines) is 1. The quantitative estimate of drug-likeness (QED) is 0.829. The van der Waals surface area contributed by atoms with E-state index in [0.717, 1.165) is 18.6 Å². The number of rotatable bonds is 2. The zero-order chi connectivity index (χ0) is 12.6. The second kappa shape index (κ2) is 4.08. The Kier molecular flexibility index (Phi) is 2.88. The van der Waals surface area contributed by atoms with Gasteiger partial charge in [-0.2, -0.15) is 0 Å². The van der Waals surface area contributed by atoms with Crippen LogP contribution in [0.15, 0.2) is 23.1 Å². The molecule has 2 rings (SSSR count). The van der Waals surface area contributed by atoms with Crippen molar-refractivity contribution in [1.29, 1.82) is 0 Å². The second-order valence-electron chi connectivity index (χ2n) is 3.84. The topological polar surface area (TPSA) is 80.5 Å². The Balaban J connectivity index is 2.34. The third kappa shape index (κ3) is 2.29. The molecule has 0 spiro atoms. The molecule has 1 aliphatic heterocycles. The van der Waals surface area contributed by atoms with E-state index in [1.807, 2.05) is 0 Å². The van der Waals surface area contributed by atoms with Crippen LogP contribution >= 0.6 is 0 Å². The fraction of sp³-hybridized carbons (Fsp3) is 0.300. The van der Waals surface area contributed by atoms with Gasteiger partial charge < -0.3 is 4.90 Å². The van der Waals surface area contributed by atoms with E-state index in [9.17, 15) is 17.6 Å². The number of hydrogen-bond donors (Lipinski definition) is 1. The van der Waals surface area contributed by atoms with Crippen LogP contribution in [0.2, 0.25) is 0 Å². The average Bonchev–Trinajstić information content (AvgIpc) is 2.12. The summed E-state index contributed by atoms with van der Waals surface area (Å²) in [4.78, 5) is 12.7. The maximum atomic E-state index is 13.5. The first-order valence-electron chi connectivity index (χ1n) is 5.01. The number of halogens is 1. The number of hydrogen-bond acceptors (Lipinski definition) is 3. The van der Waals surface area contributed by atoms with Crippen LogP contribution in [-0.4, -0.2) is 32.3 Å². The maximum absolute atomic E-state index is 13.5. The number of nitrogens with zero attached hydrogens (tertiary/aromatic N) is 1. The number of amides is 1. The van der Waals surface area contributed by atoms with Gasteiger partial charge in [0.05, 0.1) is 0 Å². The molecule has 92 valence electrons. The predicted molar refractivity (Wildman–Crippen MR) is 58.3 cm³/mol. The Morgan fingerprint density at radius 3 is 2.41 bits per heavy atom. The molecule has 0 radical (unpaired) electrons. The van der Waals surface area contributed by atoms with Crippen molar-refractivity contribution in [3.63, 3.8) is 0 Å². The monoisotopic (exact) mass is 258 g/mol. The molecule has 1 saturated heterocycles. The molecule has 0 saturated carbocycles. The lowest BCUT2D eigenvalue weighted by Gasteiger charge is -2.30. The van der Waals surface area contributed by atoms with Crippen molar-refractivity contribution in [3.05, 3.63) is 29.6 Å². The minimum absolute atomic E-state index is 0.134. The first-order chi connectivity index (χ1) is 7.89. The summed E-state index contributed by atoms with van der Waals surface area (Å²) in [5.41, 5.74) is 0.134. The third-order valence-electron chi connectivity index (χ3n) is 2.63. The Bertz CT molecular complexity index is 567. The first kappa shape index (κ1) is 12.0. The van der Waals surface area contributed by atoms with Crippen LogP contribution in [0.25, 0.3) is 0 Å². The van der Waals surface area contributed by atoms with E-state index in [1.165, 1.54) is 6.07 Å². The Labute approximate surface area is 98.1 Å². The molecular formula is C10H11FN2O3S. The van der Waals surface area contributed by atoms with Gasteiger partial charge in [0.15, 0.2) is 0 Å². The van der Waals surface area contributed by atoms with Gasteiger partial charge in [-0.05, 0) is 24.6 Å². The number of carbonyl (C=O) groups is 1. The van der Waals surface area contributed by atoms with Crippen LogP contribution in [0.1, 0.15) is 16.8 Å². The van der Waals surface area contributed by atoms with Crippen LogP contribution in [0, 0.1) is 5.82 Å². The summed E-state index contributed by atoms with van der Waals surface area (Å²) in [7, 11) is -4.09. The molecule has 2 N–H and O–H groups in total. The molecule has 1 aromatic carbocycles. The molecular weight excluding hydrogens is 247 g/mol. The molecule has 1 fully saturated rings. The number of carbonyl (C=O) groups excluding carboxylic acids is 1. The standard InChI is InChI=1S/C10H11FN2O3S/c11-8-6-7(10(14)13-4-1-5-13)2-3-9(8)17(12,15)16/h2-3,6H,1,4-5H2,(H2,12,15,16). The van der Waals surface area contributed by atoms with Gasteiger partial charge in [-0.25, -0.2) is 17.9 Å². The SMILES string of the molecule is NS(=O)(=O)c1ccc(C(=O)N2CCC2)cc1F. The summed E-state index contributed by atoms with van der Waals surface area (Å²) >= 11 is 0. The van der Waals surface area contributed by atoms with E-state index in [2.05, 4.69) is 0 Å².